The molecule has 6 nitrogen and oxygen atoms in total. The molecule has 0 radical (unpaired) electrons. The van der Waals surface area contributed by atoms with Gasteiger partial charge in [0, 0.05) is 56.0 Å². The van der Waals surface area contributed by atoms with Crippen molar-refractivity contribution < 1.29 is 4.79 Å². The number of rotatable bonds is 4. The van der Waals surface area contributed by atoms with Crippen LogP contribution in [0.1, 0.15) is 25.5 Å². The standard InChI is InChI=1S/C18H25N5O/c1-3-20-18(24)22-9-5-6-15(12-22)13-23-14(2)10-21-17(23)16-7-4-8-19-11-16/h4,7-8,10-11,15H,3,5-6,9,12-13H2,1-2H3,(H,20,24). The maximum Gasteiger partial charge on any atom is 0.317 e. The van der Waals surface area contributed by atoms with Crippen molar-refractivity contribution in [2.75, 3.05) is 19.6 Å². The summed E-state index contributed by atoms with van der Waals surface area (Å²) >= 11 is 0. The minimum absolute atomic E-state index is 0.0528. The number of likely N-dealkylation sites (tertiary alicyclic amines) is 1. The molecule has 6 heteroatoms. The molecule has 1 aliphatic heterocycles. The summed E-state index contributed by atoms with van der Waals surface area (Å²) in [6.45, 7) is 7.24. The number of urea groups is 1. The maximum atomic E-state index is 12.1. The Bertz CT molecular complexity index is 682. The van der Waals surface area contributed by atoms with Gasteiger partial charge in [0.15, 0.2) is 0 Å². The fourth-order valence-electron chi connectivity index (χ4n) is 3.34. The smallest absolute Gasteiger partial charge is 0.317 e. The minimum Gasteiger partial charge on any atom is -0.338 e. The van der Waals surface area contributed by atoms with E-state index in [1.54, 1.807) is 6.20 Å². The van der Waals surface area contributed by atoms with E-state index in [4.69, 9.17) is 0 Å². The highest BCUT2D eigenvalue weighted by Crippen LogP contribution is 2.24. The Morgan fingerprint density at radius 3 is 3.04 bits per heavy atom. The second-order valence-corrected chi connectivity index (χ2v) is 6.37. The van der Waals surface area contributed by atoms with Gasteiger partial charge in [-0.05, 0) is 44.7 Å². The number of aromatic nitrogens is 3. The van der Waals surface area contributed by atoms with Gasteiger partial charge in [0.05, 0.1) is 0 Å². The number of amides is 2. The van der Waals surface area contributed by atoms with Crippen molar-refractivity contribution in [1.82, 2.24) is 24.8 Å². The van der Waals surface area contributed by atoms with E-state index in [0.717, 1.165) is 49.6 Å². The molecule has 24 heavy (non-hydrogen) atoms. The highest BCUT2D eigenvalue weighted by atomic mass is 16.2. The summed E-state index contributed by atoms with van der Waals surface area (Å²) in [5, 5.41) is 2.90. The monoisotopic (exact) mass is 327 g/mol. The Hall–Kier alpha value is -2.37. The topological polar surface area (TPSA) is 63.1 Å². The summed E-state index contributed by atoms with van der Waals surface area (Å²) in [7, 11) is 0. The molecule has 1 fully saturated rings. The molecule has 0 spiro atoms. The van der Waals surface area contributed by atoms with E-state index in [0.29, 0.717) is 12.5 Å². The molecule has 0 saturated carbocycles. The van der Waals surface area contributed by atoms with Gasteiger partial charge >= 0.3 is 6.03 Å². The number of hydrogen-bond acceptors (Lipinski definition) is 3. The highest BCUT2D eigenvalue weighted by molar-refractivity contribution is 5.74. The van der Waals surface area contributed by atoms with Gasteiger partial charge in [-0.1, -0.05) is 0 Å². The molecule has 1 atom stereocenters. The minimum atomic E-state index is 0.0528. The Morgan fingerprint density at radius 1 is 1.42 bits per heavy atom. The van der Waals surface area contributed by atoms with Crippen LogP contribution in [0.25, 0.3) is 11.4 Å². The molecular formula is C18H25N5O. The molecule has 2 amide bonds. The average molecular weight is 327 g/mol. The van der Waals surface area contributed by atoms with Crippen molar-refractivity contribution in [2.45, 2.75) is 33.2 Å². The van der Waals surface area contributed by atoms with Gasteiger partial charge in [-0.25, -0.2) is 9.78 Å². The first-order valence-electron chi connectivity index (χ1n) is 8.64. The van der Waals surface area contributed by atoms with Gasteiger partial charge in [-0.3, -0.25) is 4.98 Å². The Kier molecular flexibility index (Phi) is 5.13. The number of hydrogen-bond donors (Lipinski definition) is 1. The predicted octanol–water partition coefficient (Wildman–Crippen LogP) is 2.70. The van der Waals surface area contributed by atoms with Gasteiger partial charge in [-0.15, -0.1) is 0 Å². The molecule has 128 valence electrons. The number of aryl methyl sites for hydroxylation is 1. The van der Waals surface area contributed by atoms with Crippen LogP contribution in [0.5, 0.6) is 0 Å². The zero-order chi connectivity index (χ0) is 16.9. The second-order valence-electron chi connectivity index (χ2n) is 6.37. The van der Waals surface area contributed by atoms with Crippen molar-refractivity contribution in [3.05, 3.63) is 36.4 Å². The van der Waals surface area contributed by atoms with Gasteiger partial charge in [0.25, 0.3) is 0 Å². The SMILES string of the molecule is CCNC(=O)N1CCCC(Cn2c(C)cnc2-c2cccnc2)C1. The summed E-state index contributed by atoms with van der Waals surface area (Å²) in [5.74, 6) is 1.40. The normalized spacial score (nSPS) is 17.8. The van der Waals surface area contributed by atoms with Crippen LogP contribution in [0.15, 0.2) is 30.7 Å². The molecule has 3 rings (SSSR count). The van der Waals surface area contributed by atoms with Crippen molar-refractivity contribution in [2.24, 2.45) is 5.92 Å². The lowest BCUT2D eigenvalue weighted by Gasteiger charge is -2.33. The van der Waals surface area contributed by atoms with Crippen LogP contribution in [0.4, 0.5) is 4.79 Å². The third-order valence-corrected chi connectivity index (χ3v) is 4.55. The average Bonchev–Trinajstić information content (AvgIpc) is 2.97. The lowest BCUT2D eigenvalue weighted by atomic mass is 9.98. The Labute approximate surface area is 142 Å². The number of pyridine rings is 1. The van der Waals surface area contributed by atoms with Crippen molar-refractivity contribution in [3.8, 4) is 11.4 Å². The zero-order valence-corrected chi connectivity index (χ0v) is 14.4. The largest absolute Gasteiger partial charge is 0.338 e. The van der Waals surface area contributed by atoms with Crippen LogP contribution < -0.4 is 5.32 Å². The molecule has 0 bridgehead atoms. The third kappa shape index (κ3) is 3.58. The number of piperidine rings is 1. The predicted molar refractivity (Wildman–Crippen MR) is 93.6 cm³/mol. The number of imidazole rings is 1. The van der Waals surface area contributed by atoms with Crippen LogP contribution >= 0.6 is 0 Å². The summed E-state index contributed by atoms with van der Waals surface area (Å²) in [6.07, 6.45) is 7.72. The number of nitrogens with one attached hydrogen (secondary N) is 1. The summed E-state index contributed by atoms with van der Waals surface area (Å²) < 4.78 is 2.25. The van der Waals surface area contributed by atoms with Crippen LogP contribution in [-0.2, 0) is 6.54 Å². The van der Waals surface area contributed by atoms with E-state index in [1.807, 2.05) is 36.4 Å². The van der Waals surface area contributed by atoms with Gasteiger partial charge in [-0.2, -0.15) is 0 Å². The molecule has 0 aromatic carbocycles. The fraction of sp³-hybridized carbons (Fsp3) is 0.500. The zero-order valence-electron chi connectivity index (χ0n) is 14.4. The van der Waals surface area contributed by atoms with E-state index in [1.165, 1.54) is 0 Å². The Balaban J connectivity index is 1.74. The van der Waals surface area contributed by atoms with Gasteiger partial charge < -0.3 is 14.8 Å². The number of nitrogens with zero attached hydrogens (tertiary/aromatic N) is 4. The molecule has 1 N–H and O–H groups in total. The first-order valence-corrected chi connectivity index (χ1v) is 8.64. The van der Waals surface area contributed by atoms with Crippen LogP contribution in [0.2, 0.25) is 0 Å². The van der Waals surface area contributed by atoms with Crippen LogP contribution in [0, 0.1) is 12.8 Å². The fourth-order valence-corrected chi connectivity index (χ4v) is 3.34. The van der Waals surface area contributed by atoms with Crippen molar-refractivity contribution in [1.29, 1.82) is 0 Å². The molecule has 2 aromatic rings. The van der Waals surface area contributed by atoms with Crippen molar-refractivity contribution in [3.63, 3.8) is 0 Å². The third-order valence-electron chi connectivity index (χ3n) is 4.55. The highest BCUT2D eigenvalue weighted by Gasteiger charge is 2.24. The lowest BCUT2D eigenvalue weighted by Crippen LogP contribution is -2.46. The summed E-state index contributed by atoms with van der Waals surface area (Å²) in [4.78, 5) is 22.8. The number of carbonyl (C=O) groups is 1. The number of carbonyl (C=O) groups excluding carboxylic acids is 1. The lowest BCUT2D eigenvalue weighted by molar-refractivity contribution is 0.160. The molecule has 1 aliphatic rings. The first-order chi connectivity index (χ1) is 11.7. The van der Waals surface area contributed by atoms with Crippen molar-refractivity contribution >= 4 is 6.03 Å². The molecule has 3 heterocycles. The van der Waals surface area contributed by atoms with Crippen LogP contribution in [-0.4, -0.2) is 45.1 Å². The molecule has 1 saturated heterocycles. The summed E-state index contributed by atoms with van der Waals surface area (Å²) in [5.41, 5.74) is 2.17. The molecule has 1 unspecified atom stereocenters. The van der Waals surface area contributed by atoms with E-state index in [2.05, 4.69) is 26.8 Å². The van der Waals surface area contributed by atoms with E-state index in [-0.39, 0.29) is 6.03 Å². The summed E-state index contributed by atoms with van der Waals surface area (Å²) in [6, 6.07) is 4.02. The van der Waals surface area contributed by atoms with E-state index in [9.17, 15) is 4.79 Å². The second kappa shape index (κ2) is 7.47. The maximum absolute atomic E-state index is 12.1. The molecule has 0 aliphatic carbocycles. The molecule has 2 aromatic heterocycles. The quantitative estimate of drug-likeness (QED) is 0.939. The van der Waals surface area contributed by atoms with Gasteiger partial charge in [0.1, 0.15) is 5.82 Å². The molecular weight excluding hydrogens is 302 g/mol. The van der Waals surface area contributed by atoms with E-state index < -0.39 is 0 Å². The Morgan fingerprint density at radius 2 is 2.29 bits per heavy atom. The van der Waals surface area contributed by atoms with Gasteiger partial charge in [0.2, 0.25) is 0 Å². The van der Waals surface area contributed by atoms with E-state index >= 15 is 0 Å². The van der Waals surface area contributed by atoms with Crippen LogP contribution in [0.3, 0.4) is 0 Å². The first kappa shape index (κ1) is 16.5.